The smallest absolute Gasteiger partial charge is 0.218 e. The van der Waals surface area contributed by atoms with Crippen LogP contribution in [0.3, 0.4) is 0 Å². The fourth-order valence-electron chi connectivity index (χ4n) is 2.72. The van der Waals surface area contributed by atoms with Gasteiger partial charge in [-0.25, -0.2) is 4.98 Å². The molecule has 4 heteroatoms. The fraction of sp³-hybridized carbons (Fsp3) is 0.733. The van der Waals surface area contributed by atoms with Crippen molar-refractivity contribution in [3.05, 3.63) is 11.9 Å². The van der Waals surface area contributed by atoms with E-state index in [9.17, 15) is 0 Å². The summed E-state index contributed by atoms with van der Waals surface area (Å²) in [6.07, 6.45) is 3.73. The average Bonchev–Trinajstić information content (AvgIpc) is 2.33. The predicted molar refractivity (Wildman–Crippen MR) is 77.5 cm³/mol. The number of aromatic nitrogens is 2. The van der Waals surface area contributed by atoms with Gasteiger partial charge in [0.05, 0.1) is 6.61 Å². The van der Waals surface area contributed by atoms with E-state index in [-0.39, 0.29) is 0 Å². The Morgan fingerprint density at radius 2 is 2.05 bits per heavy atom. The number of hydrogen-bond acceptors (Lipinski definition) is 4. The van der Waals surface area contributed by atoms with E-state index in [0.29, 0.717) is 18.5 Å². The zero-order chi connectivity index (χ0) is 13.8. The van der Waals surface area contributed by atoms with Gasteiger partial charge in [0, 0.05) is 12.1 Å². The molecule has 3 atom stereocenters. The van der Waals surface area contributed by atoms with Gasteiger partial charge in [0.15, 0.2) is 0 Å². The van der Waals surface area contributed by atoms with Crippen molar-refractivity contribution in [3.63, 3.8) is 0 Å². The Morgan fingerprint density at radius 3 is 2.74 bits per heavy atom. The van der Waals surface area contributed by atoms with E-state index in [2.05, 4.69) is 29.1 Å². The van der Waals surface area contributed by atoms with Gasteiger partial charge in [0.1, 0.15) is 11.6 Å². The second-order valence-electron chi connectivity index (χ2n) is 5.68. The summed E-state index contributed by atoms with van der Waals surface area (Å²) in [7, 11) is 0. The lowest BCUT2D eigenvalue weighted by Crippen LogP contribution is -2.30. The van der Waals surface area contributed by atoms with E-state index >= 15 is 0 Å². The summed E-state index contributed by atoms with van der Waals surface area (Å²) < 4.78 is 5.46. The molecular formula is C15H25N3O. The minimum absolute atomic E-state index is 0.523. The molecule has 1 aliphatic carbocycles. The first-order valence-corrected chi connectivity index (χ1v) is 7.33. The van der Waals surface area contributed by atoms with Crippen LogP contribution in [-0.2, 0) is 0 Å². The molecular weight excluding hydrogens is 238 g/mol. The van der Waals surface area contributed by atoms with Gasteiger partial charge >= 0.3 is 0 Å². The van der Waals surface area contributed by atoms with Crippen LogP contribution >= 0.6 is 0 Å². The van der Waals surface area contributed by atoms with Crippen LogP contribution in [-0.4, -0.2) is 22.6 Å². The molecule has 1 saturated carbocycles. The molecule has 1 N–H and O–H groups in total. The first-order chi connectivity index (χ1) is 9.08. The third kappa shape index (κ3) is 3.82. The summed E-state index contributed by atoms with van der Waals surface area (Å²) in [5.74, 6) is 3.92. The Bertz CT molecular complexity index is 422. The Kier molecular flexibility index (Phi) is 4.61. The highest BCUT2D eigenvalue weighted by molar-refractivity contribution is 5.39. The summed E-state index contributed by atoms with van der Waals surface area (Å²) in [5, 5.41) is 3.54. The molecule has 0 spiro atoms. The number of hydrogen-bond donors (Lipinski definition) is 1. The summed E-state index contributed by atoms with van der Waals surface area (Å²) in [4.78, 5) is 8.72. The van der Waals surface area contributed by atoms with E-state index in [1.54, 1.807) is 0 Å². The summed E-state index contributed by atoms with van der Waals surface area (Å²) in [6.45, 7) is 9.19. The molecule has 106 valence electrons. The summed E-state index contributed by atoms with van der Waals surface area (Å²) in [6, 6.07) is 2.43. The van der Waals surface area contributed by atoms with Crippen LogP contribution in [0.5, 0.6) is 5.88 Å². The van der Waals surface area contributed by atoms with Crippen LogP contribution in [0, 0.1) is 18.8 Å². The number of rotatable bonds is 4. The van der Waals surface area contributed by atoms with Crippen molar-refractivity contribution in [2.75, 3.05) is 11.9 Å². The summed E-state index contributed by atoms with van der Waals surface area (Å²) >= 11 is 0. The van der Waals surface area contributed by atoms with Gasteiger partial charge in [-0.1, -0.05) is 13.8 Å². The molecule has 0 radical (unpaired) electrons. The van der Waals surface area contributed by atoms with Crippen molar-refractivity contribution in [1.82, 2.24) is 9.97 Å². The second-order valence-corrected chi connectivity index (χ2v) is 5.68. The molecule has 3 unspecified atom stereocenters. The summed E-state index contributed by atoms with van der Waals surface area (Å²) in [5.41, 5.74) is 0. The molecule has 1 fully saturated rings. The average molecular weight is 263 g/mol. The number of anilines is 1. The van der Waals surface area contributed by atoms with E-state index in [4.69, 9.17) is 4.74 Å². The van der Waals surface area contributed by atoms with E-state index < -0.39 is 0 Å². The molecule has 1 aliphatic rings. The van der Waals surface area contributed by atoms with Gasteiger partial charge in [-0.2, -0.15) is 4.98 Å². The minimum Gasteiger partial charge on any atom is -0.478 e. The van der Waals surface area contributed by atoms with Gasteiger partial charge in [-0.05, 0) is 44.9 Å². The van der Waals surface area contributed by atoms with Crippen molar-refractivity contribution in [1.29, 1.82) is 0 Å². The van der Waals surface area contributed by atoms with Crippen molar-refractivity contribution in [2.45, 2.75) is 53.0 Å². The van der Waals surface area contributed by atoms with Crippen LogP contribution < -0.4 is 10.1 Å². The molecule has 1 aromatic heterocycles. The topological polar surface area (TPSA) is 47.0 Å². The Hall–Kier alpha value is -1.32. The molecule has 4 nitrogen and oxygen atoms in total. The maximum atomic E-state index is 5.46. The van der Waals surface area contributed by atoms with E-state index in [1.807, 2.05) is 19.9 Å². The second kappa shape index (κ2) is 6.22. The Labute approximate surface area is 116 Å². The van der Waals surface area contributed by atoms with Crippen molar-refractivity contribution >= 4 is 5.82 Å². The lowest BCUT2D eigenvalue weighted by molar-refractivity contribution is 0.260. The Morgan fingerprint density at radius 1 is 1.26 bits per heavy atom. The van der Waals surface area contributed by atoms with Gasteiger partial charge < -0.3 is 10.1 Å². The third-order valence-corrected chi connectivity index (χ3v) is 4.06. The number of aryl methyl sites for hydroxylation is 1. The third-order valence-electron chi connectivity index (χ3n) is 4.06. The van der Waals surface area contributed by atoms with Gasteiger partial charge in [-0.3, -0.25) is 0 Å². The highest BCUT2D eigenvalue weighted by atomic mass is 16.5. The fourth-order valence-corrected chi connectivity index (χ4v) is 2.72. The van der Waals surface area contributed by atoms with Crippen molar-refractivity contribution < 1.29 is 4.74 Å². The number of nitrogens with zero attached hydrogens (tertiary/aromatic N) is 2. The first kappa shape index (κ1) is 14.1. The standard InChI is InChI=1S/C15H25N3O/c1-5-19-15-9-14(16-12(4)17-15)18-13-7-6-10(2)11(3)8-13/h9-11,13H,5-8H2,1-4H3,(H,16,17,18). The molecule has 1 aromatic rings. The molecule has 19 heavy (non-hydrogen) atoms. The first-order valence-electron chi connectivity index (χ1n) is 7.33. The van der Waals surface area contributed by atoms with Crippen LogP contribution in [0.2, 0.25) is 0 Å². The SMILES string of the molecule is CCOc1cc(NC2CCC(C)C(C)C2)nc(C)n1. The molecule has 2 rings (SSSR count). The van der Waals surface area contributed by atoms with Crippen molar-refractivity contribution in [3.8, 4) is 5.88 Å². The monoisotopic (exact) mass is 263 g/mol. The molecule has 0 amide bonds. The van der Waals surface area contributed by atoms with Crippen molar-refractivity contribution in [2.24, 2.45) is 11.8 Å². The minimum atomic E-state index is 0.523. The van der Waals surface area contributed by atoms with Crippen LogP contribution in [0.4, 0.5) is 5.82 Å². The van der Waals surface area contributed by atoms with Crippen LogP contribution in [0.15, 0.2) is 6.07 Å². The molecule has 0 saturated heterocycles. The predicted octanol–water partition coefficient (Wildman–Crippen LogP) is 3.42. The lowest BCUT2D eigenvalue weighted by atomic mass is 9.79. The highest BCUT2D eigenvalue weighted by Crippen LogP contribution is 2.31. The molecule has 0 aromatic carbocycles. The maximum Gasteiger partial charge on any atom is 0.218 e. The number of ether oxygens (including phenoxy) is 1. The normalized spacial score (nSPS) is 27.1. The van der Waals surface area contributed by atoms with E-state index in [0.717, 1.165) is 23.5 Å². The van der Waals surface area contributed by atoms with E-state index in [1.165, 1.54) is 19.3 Å². The largest absolute Gasteiger partial charge is 0.478 e. The zero-order valence-electron chi connectivity index (χ0n) is 12.4. The highest BCUT2D eigenvalue weighted by Gasteiger charge is 2.24. The lowest BCUT2D eigenvalue weighted by Gasteiger charge is -2.32. The zero-order valence-corrected chi connectivity index (χ0v) is 12.4. The molecule has 0 bridgehead atoms. The van der Waals surface area contributed by atoms with Gasteiger partial charge in [0.2, 0.25) is 5.88 Å². The quantitative estimate of drug-likeness (QED) is 0.904. The van der Waals surface area contributed by atoms with Crippen LogP contribution in [0.25, 0.3) is 0 Å². The maximum absolute atomic E-state index is 5.46. The number of nitrogens with one attached hydrogen (secondary N) is 1. The van der Waals surface area contributed by atoms with Gasteiger partial charge in [-0.15, -0.1) is 0 Å². The molecule has 0 aliphatic heterocycles. The van der Waals surface area contributed by atoms with Gasteiger partial charge in [0.25, 0.3) is 0 Å². The van der Waals surface area contributed by atoms with Crippen LogP contribution in [0.1, 0.15) is 45.9 Å². The molecule has 1 heterocycles. The Balaban J connectivity index is 2.02.